The van der Waals surface area contributed by atoms with Gasteiger partial charge in [0, 0.05) is 12.1 Å². The van der Waals surface area contributed by atoms with Crippen molar-refractivity contribution in [1.29, 1.82) is 0 Å². The molecule has 2 aliphatic rings. The van der Waals surface area contributed by atoms with Gasteiger partial charge in [0.05, 0.1) is 7.11 Å². The molecule has 0 aromatic rings. The predicted molar refractivity (Wildman–Crippen MR) is 85.0 cm³/mol. The Bertz CT molecular complexity index is 373. The zero-order valence-corrected chi connectivity index (χ0v) is 14.2. The Labute approximate surface area is 129 Å². The average Bonchev–Trinajstić information content (AvgIpc) is 2.45. The Morgan fingerprint density at radius 1 is 1.14 bits per heavy atom. The minimum Gasteiger partial charge on any atom is -0.468 e. The molecule has 2 N–H and O–H groups in total. The number of hydrogen-bond acceptors (Lipinski definition) is 4. The van der Waals surface area contributed by atoms with Crippen LogP contribution in [0.1, 0.15) is 65.2 Å². The summed E-state index contributed by atoms with van der Waals surface area (Å²) in [5, 5.41) is 0. The van der Waals surface area contributed by atoms with E-state index in [1.54, 1.807) is 0 Å². The van der Waals surface area contributed by atoms with Crippen molar-refractivity contribution in [2.45, 2.75) is 82.8 Å². The van der Waals surface area contributed by atoms with Crippen molar-refractivity contribution >= 4 is 5.97 Å². The number of hydrogen-bond donors (Lipinski definition) is 1. The van der Waals surface area contributed by atoms with Gasteiger partial charge < -0.3 is 15.4 Å². The average molecular weight is 296 g/mol. The van der Waals surface area contributed by atoms with E-state index in [0.29, 0.717) is 17.5 Å². The molecule has 0 bridgehead atoms. The van der Waals surface area contributed by atoms with E-state index in [4.69, 9.17) is 10.5 Å². The van der Waals surface area contributed by atoms with E-state index in [9.17, 15) is 4.79 Å². The molecule has 0 aliphatic heterocycles. The molecular weight excluding hydrogens is 264 g/mol. The second-order valence-electron chi connectivity index (χ2n) is 7.96. The molecule has 2 fully saturated rings. The lowest BCUT2D eigenvalue weighted by molar-refractivity contribution is -0.149. The minimum absolute atomic E-state index is 0.245. The molecule has 4 heteroatoms. The van der Waals surface area contributed by atoms with Gasteiger partial charge in [-0.2, -0.15) is 0 Å². The maximum atomic E-state index is 12.0. The van der Waals surface area contributed by atoms with Crippen LogP contribution >= 0.6 is 0 Å². The van der Waals surface area contributed by atoms with E-state index in [1.165, 1.54) is 32.8 Å². The maximum Gasteiger partial charge on any atom is 0.325 e. The largest absolute Gasteiger partial charge is 0.468 e. The van der Waals surface area contributed by atoms with E-state index in [1.807, 2.05) is 0 Å². The third kappa shape index (κ3) is 3.78. The zero-order valence-electron chi connectivity index (χ0n) is 14.2. The van der Waals surface area contributed by atoms with E-state index in [2.05, 4.69) is 25.8 Å². The quantitative estimate of drug-likeness (QED) is 0.814. The summed E-state index contributed by atoms with van der Waals surface area (Å²) in [4.78, 5) is 14.5. The minimum atomic E-state index is -0.778. The van der Waals surface area contributed by atoms with E-state index in [0.717, 1.165) is 25.7 Å². The number of nitrogens with zero attached hydrogens (tertiary/aromatic N) is 1. The number of nitrogens with two attached hydrogens (primary N) is 1. The van der Waals surface area contributed by atoms with Crippen LogP contribution < -0.4 is 5.73 Å². The molecule has 21 heavy (non-hydrogen) atoms. The summed E-state index contributed by atoms with van der Waals surface area (Å²) < 4.78 is 4.91. The predicted octanol–water partition coefficient (Wildman–Crippen LogP) is 2.70. The number of carbonyl (C=O) groups is 1. The Hall–Kier alpha value is -0.610. The molecular formula is C17H32N2O2. The molecule has 0 spiro atoms. The van der Waals surface area contributed by atoms with Gasteiger partial charge in [-0.3, -0.25) is 4.79 Å². The molecule has 0 heterocycles. The summed E-state index contributed by atoms with van der Waals surface area (Å²) in [7, 11) is 3.66. The molecule has 4 nitrogen and oxygen atoms in total. The normalized spacial score (nSPS) is 33.9. The van der Waals surface area contributed by atoms with Crippen LogP contribution in [-0.4, -0.2) is 42.6 Å². The number of carbonyl (C=O) groups excluding carboxylic acids is 1. The number of methoxy groups -OCH3 is 1. The smallest absolute Gasteiger partial charge is 0.325 e. The van der Waals surface area contributed by atoms with Crippen molar-refractivity contribution in [3.63, 3.8) is 0 Å². The molecule has 2 atom stereocenters. The molecule has 2 aliphatic carbocycles. The van der Waals surface area contributed by atoms with Gasteiger partial charge in [0.2, 0.25) is 0 Å². The lowest BCUT2D eigenvalue weighted by atomic mass is 9.74. The van der Waals surface area contributed by atoms with Crippen molar-refractivity contribution in [2.24, 2.45) is 11.1 Å². The van der Waals surface area contributed by atoms with Gasteiger partial charge in [-0.15, -0.1) is 0 Å². The van der Waals surface area contributed by atoms with E-state index < -0.39 is 5.54 Å². The fourth-order valence-electron chi connectivity index (χ4n) is 4.10. The summed E-state index contributed by atoms with van der Waals surface area (Å²) in [5.74, 6) is -0.245. The second kappa shape index (κ2) is 6.25. The summed E-state index contributed by atoms with van der Waals surface area (Å²) in [6.07, 6.45) is 8.74. The van der Waals surface area contributed by atoms with Crippen molar-refractivity contribution in [1.82, 2.24) is 4.90 Å². The molecule has 0 radical (unpaired) electrons. The molecule has 0 amide bonds. The highest BCUT2D eigenvalue weighted by molar-refractivity contribution is 5.80. The first-order valence-corrected chi connectivity index (χ1v) is 8.37. The third-order valence-electron chi connectivity index (χ3n) is 5.81. The third-order valence-corrected chi connectivity index (χ3v) is 5.81. The molecule has 0 saturated heterocycles. The number of ether oxygens (including phenoxy) is 1. The SMILES string of the molecule is COC(=O)C1(N)CCCC(N(C)C2CCC(C)(C)CC2)C1. The van der Waals surface area contributed by atoms with Crippen LogP contribution in [0.4, 0.5) is 0 Å². The molecule has 2 rings (SSSR count). The highest BCUT2D eigenvalue weighted by Gasteiger charge is 2.42. The van der Waals surface area contributed by atoms with Crippen LogP contribution in [0, 0.1) is 5.41 Å². The summed E-state index contributed by atoms with van der Waals surface area (Å²) in [6, 6.07) is 1.05. The standard InChI is InChI=1S/C17H32N2O2/c1-16(2)10-7-13(8-11-16)19(3)14-6-5-9-17(18,12-14)15(20)21-4/h13-14H,5-12,18H2,1-4H3. The van der Waals surface area contributed by atoms with Crippen molar-refractivity contribution < 1.29 is 9.53 Å². The Balaban J connectivity index is 1.96. The highest BCUT2D eigenvalue weighted by atomic mass is 16.5. The fraction of sp³-hybridized carbons (Fsp3) is 0.941. The van der Waals surface area contributed by atoms with Crippen molar-refractivity contribution in [3.05, 3.63) is 0 Å². The van der Waals surface area contributed by atoms with Crippen molar-refractivity contribution in [3.8, 4) is 0 Å². The van der Waals surface area contributed by atoms with Gasteiger partial charge in [0.1, 0.15) is 5.54 Å². The topological polar surface area (TPSA) is 55.6 Å². The zero-order chi connectivity index (χ0) is 15.7. The Kier molecular flexibility index (Phi) is 4.99. The lowest BCUT2D eigenvalue weighted by Gasteiger charge is -2.45. The second-order valence-corrected chi connectivity index (χ2v) is 7.96. The summed E-state index contributed by atoms with van der Waals surface area (Å²) >= 11 is 0. The fourth-order valence-corrected chi connectivity index (χ4v) is 4.10. The molecule has 2 unspecified atom stereocenters. The van der Waals surface area contributed by atoms with Gasteiger partial charge in [-0.1, -0.05) is 13.8 Å². The molecule has 122 valence electrons. The molecule has 0 aromatic carbocycles. The van der Waals surface area contributed by atoms with Crippen LogP contribution in [0.2, 0.25) is 0 Å². The Morgan fingerprint density at radius 2 is 1.76 bits per heavy atom. The van der Waals surface area contributed by atoms with E-state index in [-0.39, 0.29) is 5.97 Å². The van der Waals surface area contributed by atoms with Gasteiger partial charge in [0.25, 0.3) is 0 Å². The first-order valence-electron chi connectivity index (χ1n) is 8.37. The monoisotopic (exact) mass is 296 g/mol. The highest BCUT2D eigenvalue weighted by Crippen LogP contribution is 2.39. The molecule has 0 aromatic heterocycles. The first-order chi connectivity index (χ1) is 9.77. The number of rotatable bonds is 3. The summed E-state index contributed by atoms with van der Waals surface area (Å²) in [6.45, 7) is 4.73. The van der Waals surface area contributed by atoms with Crippen LogP contribution in [0.15, 0.2) is 0 Å². The van der Waals surface area contributed by atoms with Gasteiger partial charge in [-0.25, -0.2) is 0 Å². The first kappa shape index (κ1) is 16.8. The number of esters is 1. The maximum absolute atomic E-state index is 12.0. The van der Waals surface area contributed by atoms with Crippen LogP contribution in [-0.2, 0) is 9.53 Å². The van der Waals surface area contributed by atoms with Crippen LogP contribution in [0.25, 0.3) is 0 Å². The van der Waals surface area contributed by atoms with Crippen LogP contribution in [0.5, 0.6) is 0 Å². The van der Waals surface area contributed by atoms with Crippen molar-refractivity contribution in [2.75, 3.05) is 14.2 Å². The molecule has 2 saturated carbocycles. The summed E-state index contributed by atoms with van der Waals surface area (Å²) in [5.41, 5.74) is 6.03. The van der Waals surface area contributed by atoms with Gasteiger partial charge in [0.15, 0.2) is 0 Å². The van der Waals surface area contributed by atoms with Gasteiger partial charge >= 0.3 is 5.97 Å². The van der Waals surface area contributed by atoms with E-state index >= 15 is 0 Å². The lowest BCUT2D eigenvalue weighted by Crippen LogP contribution is -2.57. The van der Waals surface area contributed by atoms with Crippen LogP contribution in [0.3, 0.4) is 0 Å². The van der Waals surface area contributed by atoms with Gasteiger partial charge in [-0.05, 0) is 63.8 Å². The Morgan fingerprint density at radius 3 is 2.33 bits per heavy atom.